The highest BCUT2D eigenvalue weighted by molar-refractivity contribution is 5.97. The van der Waals surface area contributed by atoms with E-state index in [0.717, 1.165) is 22.8 Å². The van der Waals surface area contributed by atoms with Crippen LogP contribution in [0.2, 0.25) is 0 Å². The Morgan fingerprint density at radius 2 is 1.57 bits per heavy atom. The SMILES string of the molecule is COc1ccc(-c2ccc(N3CCN(C(=O)c4ccccc4OC)CC3)nn2)cc1. The molecule has 2 aromatic carbocycles. The number of benzene rings is 2. The summed E-state index contributed by atoms with van der Waals surface area (Å²) in [6.07, 6.45) is 0. The highest BCUT2D eigenvalue weighted by Gasteiger charge is 2.24. The zero-order valence-electron chi connectivity index (χ0n) is 17.1. The number of para-hydroxylation sites is 1. The quantitative estimate of drug-likeness (QED) is 0.651. The number of amides is 1. The van der Waals surface area contributed by atoms with Gasteiger partial charge >= 0.3 is 0 Å². The van der Waals surface area contributed by atoms with Crippen LogP contribution in [0.5, 0.6) is 11.5 Å². The maximum atomic E-state index is 12.9. The van der Waals surface area contributed by atoms with Crippen LogP contribution in [-0.2, 0) is 0 Å². The number of methoxy groups -OCH3 is 2. The lowest BCUT2D eigenvalue weighted by Crippen LogP contribution is -2.49. The Balaban J connectivity index is 1.39. The monoisotopic (exact) mass is 404 g/mol. The van der Waals surface area contributed by atoms with Gasteiger partial charge in [0.1, 0.15) is 11.5 Å². The molecule has 1 saturated heterocycles. The van der Waals surface area contributed by atoms with Crippen LogP contribution in [-0.4, -0.2) is 61.4 Å². The Hall–Kier alpha value is -3.61. The van der Waals surface area contributed by atoms with E-state index in [9.17, 15) is 4.79 Å². The van der Waals surface area contributed by atoms with Crippen molar-refractivity contribution in [2.45, 2.75) is 0 Å². The number of nitrogens with zero attached hydrogens (tertiary/aromatic N) is 4. The van der Waals surface area contributed by atoms with E-state index in [2.05, 4.69) is 15.1 Å². The second kappa shape index (κ2) is 8.82. The van der Waals surface area contributed by atoms with Crippen LogP contribution < -0.4 is 14.4 Å². The van der Waals surface area contributed by atoms with Crippen molar-refractivity contribution in [3.05, 3.63) is 66.2 Å². The first-order chi connectivity index (χ1) is 14.7. The van der Waals surface area contributed by atoms with Gasteiger partial charge in [-0.2, -0.15) is 0 Å². The van der Waals surface area contributed by atoms with Gasteiger partial charge in [-0.05, 0) is 48.5 Å². The van der Waals surface area contributed by atoms with Crippen LogP contribution in [0, 0.1) is 0 Å². The van der Waals surface area contributed by atoms with E-state index >= 15 is 0 Å². The van der Waals surface area contributed by atoms with Crippen LogP contribution in [0.4, 0.5) is 5.82 Å². The average molecular weight is 404 g/mol. The normalized spacial score (nSPS) is 13.8. The van der Waals surface area contributed by atoms with Gasteiger partial charge in [0.2, 0.25) is 0 Å². The molecule has 7 heteroatoms. The van der Waals surface area contributed by atoms with Crippen molar-refractivity contribution in [1.82, 2.24) is 15.1 Å². The third-order valence-corrected chi connectivity index (χ3v) is 5.26. The number of carbonyl (C=O) groups excluding carboxylic acids is 1. The van der Waals surface area contributed by atoms with Crippen LogP contribution >= 0.6 is 0 Å². The summed E-state index contributed by atoms with van der Waals surface area (Å²) >= 11 is 0. The van der Waals surface area contributed by atoms with Crippen LogP contribution in [0.15, 0.2) is 60.7 Å². The highest BCUT2D eigenvalue weighted by atomic mass is 16.5. The lowest BCUT2D eigenvalue weighted by molar-refractivity contribution is 0.0743. The van der Waals surface area contributed by atoms with Gasteiger partial charge in [-0.1, -0.05) is 12.1 Å². The summed E-state index contributed by atoms with van der Waals surface area (Å²) in [6.45, 7) is 2.66. The van der Waals surface area contributed by atoms with Crippen molar-refractivity contribution in [2.24, 2.45) is 0 Å². The van der Waals surface area contributed by atoms with Gasteiger partial charge in [0, 0.05) is 31.7 Å². The summed E-state index contributed by atoms with van der Waals surface area (Å²) in [5.41, 5.74) is 2.39. The molecule has 0 unspecified atom stereocenters. The Labute approximate surface area is 175 Å². The Bertz CT molecular complexity index is 998. The zero-order chi connectivity index (χ0) is 20.9. The molecule has 0 bridgehead atoms. The minimum atomic E-state index is -0.00645. The van der Waals surface area contributed by atoms with Crippen molar-refractivity contribution in [2.75, 3.05) is 45.3 Å². The molecule has 1 aromatic heterocycles. The number of carbonyl (C=O) groups is 1. The van der Waals surface area contributed by atoms with Gasteiger partial charge in [0.25, 0.3) is 5.91 Å². The summed E-state index contributed by atoms with van der Waals surface area (Å²) in [4.78, 5) is 16.9. The zero-order valence-corrected chi connectivity index (χ0v) is 17.1. The number of piperazine rings is 1. The van der Waals surface area contributed by atoms with E-state index in [1.807, 2.05) is 59.5 Å². The summed E-state index contributed by atoms with van der Waals surface area (Å²) in [5.74, 6) is 2.22. The molecule has 1 fully saturated rings. The van der Waals surface area contributed by atoms with Crippen molar-refractivity contribution in [3.8, 4) is 22.8 Å². The fraction of sp³-hybridized carbons (Fsp3) is 0.261. The molecule has 7 nitrogen and oxygen atoms in total. The summed E-state index contributed by atoms with van der Waals surface area (Å²) < 4.78 is 10.5. The van der Waals surface area contributed by atoms with E-state index < -0.39 is 0 Å². The predicted molar refractivity (Wildman–Crippen MR) is 115 cm³/mol. The Morgan fingerprint density at radius 3 is 2.20 bits per heavy atom. The van der Waals surface area contributed by atoms with Crippen LogP contribution in [0.1, 0.15) is 10.4 Å². The van der Waals surface area contributed by atoms with Gasteiger partial charge in [0.05, 0.1) is 25.5 Å². The van der Waals surface area contributed by atoms with Gasteiger partial charge in [-0.3, -0.25) is 4.79 Å². The third kappa shape index (κ3) is 4.05. The first-order valence-electron chi connectivity index (χ1n) is 9.85. The molecule has 0 N–H and O–H groups in total. The molecule has 0 spiro atoms. The standard InChI is InChI=1S/C23H24N4O3/c1-29-18-9-7-17(8-10-18)20-11-12-22(25-24-20)26-13-15-27(16-14-26)23(28)19-5-3-4-6-21(19)30-2/h3-12H,13-16H2,1-2H3. The molecule has 1 amide bonds. The van der Waals surface area contributed by atoms with E-state index in [-0.39, 0.29) is 5.91 Å². The van der Waals surface area contributed by atoms with Crippen molar-refractivity contribution in [3.63, 3.8) is 0 Å². The number of rotatable bonds is 5. The maximum absolute atomic E-state index is 12.9. The molecule has 0 saturated carbocycles. The number of anilines is 1. The topological polar surface area (TPSA) is 67.8 Å². The molecule has 0 atom stereocenters. The molecule has 1 aliphatic rings. The molecule has 4 rings (SSSR count). The second-order valence-electron chi connectivity index (χ2n) is 6.98. The van der Waals surface area contributed by atoms with E-state index in [1.165, 1.54) is 0 Å². The minimum absolute atomic E-state index is 0.00645. The highest BCUT2D eigenvalue weighted by Crippen LogP contribution is 2.23. The van der Waals surface area contributed by atoms with Gasteiger partial charge in [-0.25, -0.2) is 0 Å². The summed E-state index contributed by atoms with van der Waals surface area (Å²) in [5, 5.41) is 8.77. The van der Waals surface area contributed by atoms with Crippen LogP contribution in [0.25, 0.3) is 11.3 Å². The molecule has 0 aliphatic carbocycles. The maximum Gasteiger partial charge on any atom is 0.257 e. The molecular weight excluding hydrogens is 380 g/mol. The number of aromatic nitrogens is 2. The Morgan fingerprint density at radius 1 is 0.833 bits per heavy atom. The third-order valence-electron chi connectivity index (χ3n) is 5.26. The molecule has 0 radical (unpaired) electrons. The lowest BCUT2D eigenvalue weighted by atomic mass is 10.1. The fourth-order valence-corrected chi connectivity index (χ4v) is 3.54. The molecular formula is C23H24N4O3. The van der Waals surface area contributed by atoms with E-state index in [1.54, 1.807) is 20.3 Å². The van der Waals surface area contributed by atoms with Gasteiger partial charge in [-0.15, -0.1) is 10.2 Å². The van der Waals surface area contributed by atoms with Crippen molar-refractivity contribution >= 4 is 11.7 Å². The van der Waals surface area contributed by atoms with Gasteiger partial charge < -0.3 is 19.3 Å². The smallest absolute Gasteiger partial charge is 0.257 e. The number of hydrogen-bond donors (Lipinski definition) is 0. The molecule has 3 aromatic rings. The van der Waals surface area contributed by atoms with Crippen LogP contribution in [0.3, 0.4) is 0 Å². The molecule has 1 aliphatic heterocycles. The molecule has 154 valence electrons. The van der Waals surface area contributed by atoms with Crippen molar-refractivity contribution < 1.29 is 14.3 Å². The van der Waals surface area contributed by atoms with Gasteiger partial charge in [0.15, 0.2) is 5.82 Å². The number of hydrogen-bond acceptors (Lipinski definition) is 6. The number of ether oxygens (including phenoxy) is 2. The average Bonchev–Trinajstić information content (AvgIpc) is 2.84. The van der Waals surface area contributed by atoms with E-state index in [4.69, 9.17) is 9.47 Å². The predicted octanol–water partition coefficient (Wildman–Crippen LogP) is 3.12. The summed E-state index contributed by atoms with van der Waals surface area (Å²) in [6, 6.07) is 19.0. The van der Waals surface area contributed by atoms with E-state index in [0.29, 0.717) is 37.5 Å². The molecule has 30 heavy (non-hydrogen) atoms. The van der Waals surface area contributed by atoms with Crippen molar-refractivity contribution in [1.29, 1.82) is 0 Å². The fourth-order valence-electron chi connectivity index (χ4n) is 3.54. The largest absolute Gasteiger partial charge is 0.497 e. The second-order valence-corrected chi connectivity index (χ2v) is 6.98. The Kier molecular flexibility index (Phi) is 5.79. The first kappa shape index (κ1) is 19.7. The summed E-state index contributed by atoms with van der Waals surface area (Å²) in [7, 11) is 3.23. The first-order valence-corrected chi connectivity index (χ1v) is 9.85. The minimum Gasteiger partial charge on any atom is -0.497 e. The molecule has 2 heterocycles. The lowest BCUT2D eigenvalue weighted by Gasteiger charge is -2.35.